The summed E-state index contributed by atoms with van der Waals surface area (Å²) >= 11 is 0. The average molecular weight is 443 g/mol. The first kappa shape index (κ1) is 22.1. The number of benzene rings is 3. The second-order valence-electron chi connectivity index (χ2n) is 7.93. The van der Waals surface area contributed by atoms with Crippen molar-refractivity contribution in [3.63, 3.8) is 0 Å². The smallest absolute Gasteiger partial charge is 0.258 e. The standard InChI is InChI=1S/C27H25NO5/c1-18(2)21-10-6-7-11-23(21)33-25-16-32-24-14-20(12-13-22(24)27(25)30)31-17-26(29)28-15-19-8-4-3-5-9-19/h3-14,16,18H,15,17H2,1-2H3,(H,28,29). The molecule has 0 aliphatic carbocycles. The van der Waals surface area contributed by atoms with Gasteiger partial charge in [-0.05, 0) is 35.2 Å². The van der Waals surface area contributed by atoms with Crippen LogP contribution >= 0.6 is 0 Å². The topological polar surface area (TPSA) is 77.8 Å². The third-order valence-corrected chi connectivity index (χ3v) is 5.18. The SMILES string of the molecule is CC(C)c1ccccc1Oc1coc2cc(OCC(=O)NCc3ccccc3)ccc2c1=O. The number of amides is 1. The number of hydrogen-bond acceptors (Lipinski definition) is 5. The van der Waals surface area contributed by atoms with Crippen molar-refractivity contribution in [2.75, 3.05) is 6.61 Å². The number of carbonyl (C=O) groups is 1. The lowest BCUT2D eigenvalue weighted by Gasteiger charge is -2.13. The first-order valence-corrected chi connectivity index (χ1v) is 10.8. The summed E-state index contributed by atoms with van der Waals surface area (Å²) < 4.78 is 17.1. The zero-order valence-corrected chi connectivity index (χ0v) is 18.5. The molecule has 0 aliphatic heterocycles. The van der Waals surface area contributed by atoms with Crippen LogP contribution in [0.3, 0.4) is 0 Å². The van der Waals surface area contributed by atoms with Crippen LogP contribution < -0.4 is 20.2 Å². The lowest BCUT2D eigenvalue weighted by Crippen LogP contribution is -2.28. The van der Waals surface area contributed by atoms with Crippen LogP contribution in [0.2, 0.25) is 0 Å². The number of hydrogen-bond donors (Lipinski definition) is 1. The number of para-hydroxylation sites is 1. The van der Waals surface area contributed by atoms with Gasteiger partial charge in [0.1, 0.15) is 23.3 Å². The largest absolute Gasteiger partial charge is 0.484 e. The molecular weight excluding hydrogens is 418 g/mol. The Morgan fingerprint density at radius 2 is 1.73 bits per heavy atom. The van der Waals surface area contributed by atoms with Gasteiger partial charge in [0.05, 0.1) is 5.39 Å². The maximum atomic E-state index is 12.9. The monoisotopic (exact) mass is 443 g/mol. The molecule has 0 spiro atoms. The Hall–Kier alpha value is -4.06. The Morgan fingerprint density at radius 1 is 0.970 bits per heavy atom. The molecule has 168 valence electrons. The third-order valence-electron chi connectivity index (χ3n) is 5.18. The summed E-state index contributed by atoms with van der Waals surface area (Å²) in [5, 5.41) is 3.18. The van der Waals surface area contributed by atoms with E-state index >= 15 is 0 Å². The van der Waals surface area contributed by atoms with Gasteiger partial charge in [-0.2, -0.15) is 0 Å². The molecule has 0 saturated carbocycles. The molecule has 0 radical (unpaired) electrons. The normalized spacial score (nSPS) is 10.9. The molecule has 1 heterocycles. The van der Waals surface area contributed by atoms with Crippen LogP contribution in [0.15, 0.2) is 88.3 Å². The maximum absolute atomic E-state index is 12.9. The predicted molar refractivity (Wildman–Crippen MR) is 127 cm³/mol. The summed E-state index contributed by atoms with van der Waals surface area (Å²) in [6.07, 6.45) is 1.30. The second-order valence-corrected chi connectivity index (χ2v) is 7.93. The summed E-state index contributed by atoms with van der Waals surface area (Å²) in [4.78, 5) is 25.0. The van der Waals surface area contributed by atoms with Crippen molar-refractivity contribution in [3.8, 4) is 17.2 Å². The molecule has 0 bridgehead atoms. The molecule has 0 atom stereocenters. The quantitative estimate of drug-likeness (QED) is 0.394. The summed E-state index contributed by atoms with van der Waals surface area (Å²) in [6.45, 7) is 4.41. The number of nitrogens with one attached hydrogen (secondary N) is 1. The molecule has 4 rings (SSSR count). The van der Waals surface area contributed by atoms with Crippen LogP contribution in [0, 0.1) is 0 Å². The summed E-state index contributed by atoms with van der Waals surface area (Å²) in [5.41, 5.74) is 2.09. The van der Waals surface area contributed by atoms with Crippen molar-refractivity contribution < 1.29 is 18.7 Å². The van der Waals surface area contributed by atoms with E-state index in [1.807, 2.05) is 54.6 Å². The number of carbonyl (C=O) groups excluding carboxylic acids is 1. The van der Waals surface area contributed by atoms with Gasteiger partial charge in [0.2, 0.25) is 11.2 Å². The van der Waals surface area contributed by atoms with Crippen molar-refractivity contribution in [2.24, 2.45) is 0 Å². The van der Waals surface area contributed by atoms with Gasteiger partial charge in [0.15, 0.2) is 6.61 Å². The molecule has 1 N–H and O–H groups in total. The van der Waals surface area contributed by atoms with Crippen molar-refractivity contribution >= 4 is 16.9 Å². The number of rotatable bonds is 8. The average Bonchev–Trinajstić information content (AvgIpc) is 2.84. The Labute approximate surface area is 191 Å². The zero-order chi connectivity index (χ0) is 23.2. The summed E-state index contributed by atoms with van der Waals surface area (Å²) in [5.74, 6) is 1.18. The van der Waals surface area contributed by atoms with Gasteiger partial charge < -0.3 is 19.2 Å². The maximum Gasteiger partial charge on any atom is 0.258 e. The van der Waals surface area contributed by atoms with Gasteiger partial charge in [-0.1, -0.05) is 62.4 Å². The summed E-state index contributed by atoms with van der Waals surface area (Å²) in [7, 11) is 0. The minimum atomic E-state index is -0.276. The molecule has 6 nitrogen and oxygen atoms in total. The fourth-order valence-corrected chi connectivity index (χ4v) is 3.42. The lowest BCUT2D eigenvalue weighted by atomic mass is 10.0. The van der Waals surface area contributed by atoms with Crippen LogP contribution in [0.1, 0.15) is 30.9 Å². The Kier molecular flexibility index (Phi) is 6.74. The molecule has 4 aromatic rings. The van der Waals surface area contributed by atoms with Gasteiger partial charge in [0, 0.05) is 12.6 Å². The molecule has 0 fully saturated rings. The van der Waals surface area contributed by atoms with Crippen LogP contribution in [0.5, 0.6) is 17.2 Å². The van der Waals surface area contributed by atoms with E-state index in [4.69, 9.17) is 13.9 Å². The summed E-state index contributed by atoms with van der Waals surface area (Å²) in [6, 6.07) is 22.1. The van der Waals surface area contributed by atoms with E-state index < -0.39 is 0 Å². The Bertz CT molecular complexity index is 1310. The van der Waals surface area contributed by atoms with E-state index in [-0.39, 0.29) is 29.6 Å². The van der Waals surface area contributed by atoms with Gasteiger partial charge in [0.25, 0.3) is 5.91 Å². The fraction of sp³-hybridized carbons (Fsp3) is 0.185. The van der Waals surface area contributed by atoms with Gasteiger partial charge in [-0.3, -0.25) is 9.59 Å². The Morgan fingerprint density at radius 3 is 2.52 bits per heavy atom. The zero-order valence-electron chi connectivity index (χ0n) is 18.5. The first-order valence-electron chi connectivity index (χ1n) is 10.8. The van der Waals surface area contributed by atoms with Crippen molar-refractivity contribution in [1.82, 2.24) is 5.32 Å². The first-order chi connectivity index (χ1) is 16.0. The highest BCUT2D eigenvalue weighted by Crippen LogP contribution is 2.30. The molecule has 0 aliphatic rings. The van der Waals surface area contributed by atoms with Gasteiger partial charge in [-0.15, -0.1) is 0 Å². The van der Waals surface area contributed by atoms with E-state index in [0.717, 1.165) is 11.1 Å². The highest BCUT2D eigenvalue weighted by molar-refractivity contribution is 5.80. The molecule has 3 aromatic carbocycles. The van der Waals surface area contributed by atoms with E-state index in [9.17, 15) is 9.59 Å². The lowest BCUT2D eigenvalue weighted by molar-refractivity contribution is -0.123. The number of fused-ring (bicyclic) bond motifs is 1. The molecule has 1 amide bonds. The minimum absolute atomic E-state index is 0.115. The van der Waals surface area contributed by atoms with E-state index in [1.165, 1.54) is 6.26 Å². The van der Waals surface area contributed by atoms with Crippen LogP contribution in [0.4, 0.5) is 0 Å². The van der Waals surface area contributed by atoms with Crippen molar-refractivity contribution in [1.29, 1.82) is 0 Å². The molecular formula is C27H25NO5. The second kappa shape index (κ2) is 10.0. The van der Waals surface area contributed by atoms with E-state index in [0.29, 0.717) is 29.0 Å². The van der Waals surface area contributed by atoms with Crippen molar-refractivity contribution in [3.05, 3.63) is 100 Å². The molecule has 33 heavy (non-hydrogen) atoms. The highest BCUT2D eigenvalue weighted by atomic mass is 16.5. The van der Waals surface area contributed by atoms with Crippen molar-refractivity contribution in [2.45, 2.75) is 26.3 Å². The van der Waals surface area contributed by atoms with E-state index in [1.54, 1.807) is 18.2 Å². The molecule has 1 aromatic heterocycles. The molecule has 0 unspecified atom stereocenters. The minimum Gasteiger partial charge on any atom is -0.484 e. The highest BCUT2D eigenvalue weighted by Gasteiger charge is 2.14. The fourth-order valence-electron chi connectivity index (χ4n) is 3.42. The Balaban J connectivity index is 1.43. The van der Waals surface area contributed by atoms with Crippen LogP contribution in [-0.4, -0.2) is 12.5 Å². The van der Waals surface area contributed by atoms with Gasteiger partial charge in [-0.25, -0.2) is 0 Å². The third kappa shape index (κ3) is 5.41. The molecule has 6 heteroatoms. The van der Waals surface area contributed by atoms with Crippen LogP contribution in [0.25, 0.3) is 11.0 Å². The van der Waals surface area contributed by atoms with Gasteiger partial charge >= 0.3 is 0 Å². The van der Waals surface area contributed by atoms with E-state index in [2.05, 4.69) is 19.2 Å². The molecule has 0 saturated heterocycles. The predicted octanol–water partition coefficient (Wildman–Crippen LogP) is 5.40. The van der Waals surface area contributed by atoms with Crippen LogP contribution in [-0.2, 0) is 11.3 Å². The number of ether oxygens (including phenoxy) is 2.